The van der Waals surface area contributed by atoms with Crippen LogP contribution < -0.4 is 9.62 Å². The minimum atomic E-state index is -4.12. The number of hydrogen-bond donors (Lipinski definition) is 1. The average Bonchev–Trinajstić information content (AvgIpc) is 2.92. The minimum Gasteiger partial charge on any atom is -0.352 e. The molecule has 9 heteroatoms. The predicted octanol–water partition coefficient (Wildman–Crippen LogP) is 5.79. The molecule has 0 aromatic heterocycles. The molecule has 0 heterocycles. The Morgan fingerprint density at radius 2 is 1.50 bits per heavy atom. The zero-order chi connectivity index (χ0) is 29.6. The fraction of sp³-hybridized carbons (Fsp3) is 0.355. The van der Waals surface area contributed by atoms with Gasteiger partial charge in [0.05, 0.1) is 10.6 Å². The summed E-state index contributed by atoms with van der Waals surface area (Å²) in [6.45, 7) is 10.7. The van der Waals surface area contributed by atoms with Crippen LogP contribution in [0.3, 0.4) is 0 Å². The van der Waals surface area contributed by atoms with E-state index in [9.17, 15) is 18.0 Å². The molecule has 0 aliphatic heterocycles. The highest BCUT2D eigenvalue weighted by Gasteiger charge is 2.33. The van der Waals surface area contributed by atoms with Gasteiger partial charge in [-0.15, -0.1) is 0 Å². The number of nitrogens with zero attached hydrogens (tertiary/aromatic N) is 2. The number of benzene rings is 3. The lowest BCUT2D eigenvalue weighted by Crippen LogP contribution is -2.52. The van der Waals surface area contributed by atoms with Gasteiger partial charge in [0.1, 0.15) is 12.6 Å². The third-order valence-electron chi connectivity index (χ3n) is 6.96. The van der Waals surface area contributed by atoms with Crippen molar-refractivity contribution in [2.45, 2.75) is 71.5 Å². The molecule has 214 valence electrons. The third kappa shape index (κ3) is 7.64. The van der Waals surface area contributed by atoms with Crippen molar-refractivity contribution in [3.05, 3.63) is 94.0 Å². The van der Waals surface area contributed by atoms with E-state index < -0.39 is 28.5 Å². The van der Waals surface area contributed by atoms with E-state index in [1.54, 1.807) is 61.5 Å². The molecule has 0 saturated heterocycles. The van der Waals surface area contributed by atoms with Gasteiger partial charge in [0, 0.05) is 17.6 Å². The van der Waals surface area contributed by atoms with Crippen molar-refractivity contribution in [1.29, 1.82) is 0 Å². The number of carbonyl (C=O) groups is 2. The standard InChI is InChI=1S/C31H38ClN3O4S/c1-7-24(5)33-31(37)25(6)34(19-26-12-14-27(32)15-13-26)30(36)20-35(29-18-22(3)8-11-23(29)4)40(38,39)28-16-9-21(2)10-17-28/h8-18,24-25H,7,19-20H2,1-6H3,(H,33,37). The van der Waals surface area contributed by atoms with Crippen LogP contribution in [0.15, 0.2) is 71.6 Å². The van der Waals surface area contributed by atoms with E-state index in [0.717, 1.165) is 27.4 Å². The maximum absolute atomic E-state index is 14.0. The molecular weight excluding hydrogens is 546 g/mol. The van der Waals surface area contributed by atoms with Gasteiger partial charge in [0.15, 0.2) is 0 Å². The number of nitrogens with one attached hydrogen (secondary N) is 1. The molecule has 40 heavy (non-hydrogen) atoms. The molecular formula is C31H38ClN3O4S. The van der Waals surface area contributed by atoms with E-state index in [1.165, 1.54) is 4.90 Å². The fourth-order valence-corrected chi connectivity index (χ4v) is 5.77. The summed E-state index contributed by atoms with van der Waals surface area (Å²) in [5.41, 5.74) is 3.67. The Morgan fingerprint density at radius 1 is 0.900 bits per heavy atom. The SMILES string of the molecule is CCC(C)NC(=O)C(C)N(Cc1ccc(Cl)cc1)C(=O)CN(c1cc(C)ccc1C)S(=O)(=O)c1ccc(C)cc1. The second-order valence-electron chi connectivity index (χ2n) is 10.3. The number of hydrogen-bond acceptors (Lipinski definition) is 4. The Bertz CT molecular complexity index is 1440. The molecule has 3 aromatic rings. The zero-order valence-corrected chi connectivity index (χ0v) is 25.5. The first kappa shape index (κ1) is 31.2. The molecule has 0 saturated carbocycles. The first-order valence-corrected chi connectivity index (χ1v) is 15.2. The Labute approximate surface area is 243 Å². The summed E-state index contributed by atoms with van der Waals surface area (Å²) < 4.78 is 29.2. The summed E-state index contributed by atoms with van der Waals surface area (Å²) in [6.07, 6.45) is 0.735. The van der Waals surface area contributed by atoms with Crippen LogP contribution in [0.25, 0.3) is 0 Å². The van der Waals surface area contributed by atoms with Gasteiger partial charge in [-0.25, -0.2) is 8.42 Å². The molecule has 2 unspecified atom stereocenters. The van der Waals surface area contributed by atoms with Crippen LogP contribution in [-0.2, 0) is 26.2 Å². The van der Waals surface area contributed by atoms with Crippen molar-refractivity contribution in [2.24, 2.45) is 0 Å². The number of amides is 2. The topological polar surface area (TPSA) is 86.8 Å². The molecule has 0 aliphatic rings. The van der Waals surface area contributed by atoms with Crippen LogP contribution in [0.4, 0.5) is 5.69 Å². The lowest BCUT2D eigenvalue weighted by atomic mass is 10.1. The van der Waals surface area contributed by atoms with Gasteiger partial charge < -0.3 is 10.2 Å². The van der Waals surface area contributed by atoms with Crippen LogP contribution in [0.2, 0.25) is 5.02 Å². The Hall–Kier alpha value is -3.36. The lowest BCUT2D eigenvalue weighted by Gasteiger charge is -2.33. The molecule has 0 radical (unpaired) electrons. The van der Waals surface area contributed by atoms with E-state index >= 15 is 0 Å². The van der Waals surface area contributed by atoms with Gasteiger partial charge >= 0.3 is 0 Å². The summed E-state index contributed by atoms with van der Waals surface area (Å²) in [7, 11) is -4.12. The molecule has 3 rings (SSSR count). The van der Waals surface area contributed by atoms with Crippen LogP contribution in [0.5, 0.6) is 0 Å². The number of halogens is 1. The summed E-state index contributed by atoms with van der Waals surface area (Å²) >= 11 is 6.06. The molecule has 0 bridgehead atoms. The Kier molecular flexibility index (Phi) is 10.4. The van der Waals surface area contributed by atoms with Crippen molar-refractivity contribution in [3.63, 3.8) is 0 Å². The molecule has 2 atom stereocenters. The first-order valence-electron chi connectivity index (χ1n) is 13.3. The third-order valence-corrected chi connectivity index (χ3v) is 8.98. The molecule has 0 fully saturated rings. The quantitative estimate of drug-likeness (QED) is 0.309. The van der Waals surface area contributed by atoms with Crippen molar-refractivity contribution in [2.75, 3.05) is 10.8 Å². The maximum atomic E-state index is 14.0. The predicted molar refractivity (Wildman–Crippen MR) is 161 cm³/mol. The highest BCUT2D eigenvalue weighted by Crippen LogP contribution is 2.29. The smallest absolute Gasteiger partial charge is 0.264 e. The number of rotatable bonds is 11. The zero-order valence-electron chi connectivity index (χ0n) is 23.9. The second kappa shape index (κ2) is 13.3. The summed E-state index contributed by atoms with van der Waals surface area (Å²) in [4.78, 5) is 28.7. The average molecular weight is 584 g/mol. The van der Waals surface area contributed by atoms with E-state index in [1.807, 2.05) is 46.8 Å². The van der Waals surface area contributed by atoms with Crippen molar-refractivity contribution >= 4 is 39.1 Å². The maximum Gasteiger partial charge on any atom is 0.264 e. The lowest BCUT2D eigenvalue weighted by molar-refractivity contribution is -0.139. The summed E-state index contributed by atoms with van der Waals surface area (Å²) in [5, 5.41) is 3.49. The van der Waals surface area contributed by atoms with Crippen LogP contribution in [-0.4, -0.2) is 43.8 Å². The van der Waals surface area contributed by atoms with Crippen molar-refractivity contribution in [1.82, 2.24) is 10.2 Å². The number of aryl methyl sites for hydroxylation is 3. The second-order valence-corrected chi connectivity index (χ2v) is 12.6. The Morgan fingerprint density at radius 3 is 2.10 bits per heavy atom. The van der Waals surface area contributed by atoms with E-state index in [4.69, 9.17) is 11.6 Å². The number of carbonyl (C=O) groups excluding carboxylic acids is 2. The van der Waals surface area contributed by atoms with E-state index in [-0.39, 0.29) is 23.4 Å². The largest absolute Gasteiger partial charge is 0.352 e. The highest BCUT2D eigenvalue weighted by molar-refractivity contribution is 7.92. The van der Waals surface area contributed by atoms with Gasteiger partial charge in [-0.05, 0) is 88.1 Å². The van der Waals surface area contributed by atoms with Crippen LogP contribution >= 0.6 is 11.6 Å². The van der Waals surface area contributed by atoms with Gasteiger partial charge in [0.2, 0.25) is 11.8 Å². The number of anilines is 1. The van der Waals surface area contributed by atoms with E-state index in [0.29, 0.717) is 16.3 Å². The van der Waals surface area contributed by atoms with Gasteiger partial charge in [-0.1, -0.05) is 60.5 Å². The molecule has 0 spiro atoms. The van der Waals surface area contributed by atoms with Gasteiger partial charge in [-0.2, -0.15) is 0 Å². The summed E-state index contributed by atoms with van der Waals surface area (Å²) in [5.74, 6) is -0.810. The minimum absolute atomic E-state index is 0.0733. The monoisotopic (exact) mass is 583 g/mol. The number of sulfonamides is 1. The first-order chi connectivity index (χ1) is 18.8. The Balaban J connectivity index is 2.06. The molecule has 3 aromatic carbocycles. The highest BCUT2D eigenvalue weighted by atomic mass is 35.5. The molecule has 1 N–H and O–H groups in total. The molecule has 7 nitrogen and oxygen atoms in total. The summed E-state index contributed by atoms with van der Waals surface area (Å²) in [6, 6.07) is 18.1. The fourth-order valence-electron chi connectivity index (χ4n) is 4.17. The van der Waals surface area contributed by atoms with Crippen molar-refractivity contribution in [3.8, 4) is 0 Å². The van der Waals surface area contributed by atoms with E-state index in [2.05, 4.69) is 5.32 Å². The van der Waals surface area contributed by atoms with Gasteiger partial charge in [-0.3, -0.25) is 13.9 Å². The normalized spacial score (nSPS) is 12.9. The molecule has 2 amide bonds. The molecule has 0 aliphatic carbocycles. The van der Waals surface area contributed by atoms with Gasteiger partial charge in [0.25, 0.3) is 10.0 Å². The van der Waals surface area contributed by atoms with Crippen LogP contribution in [0, 0.1) is 20.8 Å². The van der Waals surface area contributed by atoms with Crippen LogP contribution in [0.1, 0.15) is 49.4 Å². The van der Waals surface area contributed by atoms with Crippen molar-refractivity contribution < 1.29 is 18.0 Å².